The van der Waals surface area contributed by atoms with Gasteiger partial charge >= 0.3 is 6.09 Å². The van der Waals surface area contributed by atoms with Gasteiger partial charge in [-0.1, -0.05) is 0 Å². The largest absolute Gasteiger partial charge is 0.465 e. The van der Waals surface area contributed by atoms with Crippen LogP contribution >= 0.6 is 0 Å². The van der Waals surface area contributed by atoms with Crippen LogP contribution in [0.15, 0.2) is 12.1 Å². The fraction of sp³-hybridized carbons (Fsp3) is 0.533. The van der Waals surface area contributed by atoms with Gasteiger partial charge in [0.25, 0.3) is 0 Å². The first-order valence-corrected chi connectivity index (χ1v) is 7.76. The number of carboxylic acid groups (broad SMARTS) is 1. The summed E-state index contributed by atoms with van der Waals surface area (Å²) in [6, 6.07) is 3.77. The monoisotopic (exact) mass is 319 g/mol. The summed E-state index contributed by atoms with van der Waals surface area (Å²) in [7, 11) is 0. The second-order valence-corrected chi connectivity index (χ2v) is 5.96. The number of rotatable bonds is 3. The van der Waals surface area contributed by atoms with Crippen molar-refractivity contribution in [2.45, 2.75) is 25.8 Å². The molecule has 1 saturated heterocycles. The molecule has 0 unspecified atom stereocenters. The summed E-state index contributed by atoms with van der Waals surface area (Å²) in [4.78, 5) is 32.5. The first kappa shape index (κ1) is 15.4. The van der Waals surface area contributed by atoms with Gasteiger partial charge in [-0.25, -0.2) is 9.78 Å². The van der Waals surface area contributed by atoms with Crippen LogP contribution in [0.3, 0.4) is 0 Å². The maximum atomic E-state index is 11.9. The lowest BCUT2D eigenvalue weighted by Crippen LogP contribution is -2.48. The molecular formula is C15H21N5O3. The van der Waals surface area contributed by atoms with Gasteiger partial charge in [0, 0.05) is 39.1 Å². The lowest BCUT2D eigenvalue weighted by Gasteiger charge is -2.34. The Balaban J connectivity index is 1.81. The number of carbonyl (C=O) groups excluding carboxylic acids is 1. The number of nitrogens with two attached hydrogens (primary N) is 1. The molecule has 23 heavy (non-hydrogen) atoms. The van der Waals surface area contributed by atoms with Crippen LogP contribution in [0.25, 0.3) is 0 Å². The van der Waals surface area contributed by atoms with E-state index in [0.717, 1.165) is 12.8 Å². The molecule has 0 spiro atoms. The van der Waals surface area contributed by atoms with Crippen molar-refractivity contribution in [1.82, 2.24) is 9.88 Å². The number of nitrogens with zero attached hydrogens (tertiary/aromatic N) is 4. The molecule has 2 amide bonds. The number of aromatic nitrogens is 1. The van der Waals surface area contributed by atoms with E-state index in [1.807, 2.05) is 4.90 Å². The molecule has 1 saturated carbocycles. The SMILES string of the molecule is CC(=O)N(c1ccc(N)c(N2CCN(C(=O)O)CC2)n1)C1CC1. The second kappa shape index (κ2) is 5.94. The predicted molar refractivity (Wildman–Crippen MR) is 86.6 cm³/mol. The highest BCUT2D eigenvalue weighted by atomic mass is 16.4. The molecule has 2 aliphatic rings. The molecule has 1 aromatic heterocycles. The van der Waals surface area contributed by atoms with Crippen molar-refractivity contribution in [1.29, 1.82) is 0 Å². The van der Waals surface area contributed by atoms with Crippen molar-refractivity contribution in [3.8, 4) is 0 Å². The molecule has 1 aliphatic heterocycles. The van der Waals surface area contributed by atoms with Crippen LogP contribution in [0.1, 0.15) is 19.8 Å². The Hall–Kier alpha value is -2.51. The van der Waals surface area contributed by atoms with Gasteiger partial charge in [-0.2, -0.15) is 0 Å². The normalized spacial score (nSPS) is 18.0. The van der Waals surface area contributed by atoms with Gasteiger partial charge < -0.3 is 20.6 Å². The highest BCUT2D eigenvalue weighted by Crippen LogP contribution is 2.33. The molecule has 0 bridgehead atoms. The first-order valence-electron chi connectivity index (χ1n) is 7.76. The summed E-state index contributed by atoms with van der Waals surface area (Å²) in [6.45, 7) is 3.45. The van der Waals surface area contributed by atoms with E-state index < -0.39 is 6.09 Å². The lowest BCUT2D eigenvalue weighted by molar-refractivity contribution is -0.116. The molecule has 3 rings (SSSR count). The number of hydrogen-bond donors (Lipinski definition) is 2. The maximum Gasteiger partial charge on any atom is 0.407 e. The molecule has 2 fully saturated rings. The second-order valence-electron chi connectivity index (χ2n) is 5.96. The molecule has 124 valence electrons. The van der Waals surface area contributed by atoms with E-state index in [1.54, 1.807) is 24.0 Å². The molecule has 1 aromatic rings. The van der Waals surface area contributed by atoms with Crippen molar-refractivity contribution in [2.24, 2.45) is 0 Å². The predicted octanol–water partition coefficient (Wildman–Crippen LogP) is 0.979. The van der Waals surface area contributed by atoms with E-state index in [-0.39, 0.29) is 11.9 Å². The van der Waals surface area contributed by atoms with E-state index in [2.05, 4.69) is 4.98 Å². The number of pyridine rings is 1. The molecule has 2 heterocycles. The third-order valence-corrected chi connectivity index (χ3v) is 4.24. The fourth-order valence-corrected chi connectivity index (χ4v) is 2.88. The number of nitrogen functional groups attached to an aromatic ring is 1. The average Bonchev–Trinajstić information content (AvgIpc) is 3.33. The molecule has 8 nitrogen and oxygen atoms in total. The van der Waals surface area contributed by atoms with Gasteiger partial charge in [0.1, 0.15) is 5.82 Å². The molecule has 0 aromatic carbocycles. The molecule has 0 atom stereocenters. The zero-order chi connectivity index (χ0) is 16.6. The van der Waals surface area contributed by atoms with Crippen LogP contribution in [0.5, 0.6) is 0 Å². The molecular weight excluding hydrogens is 298 g/mol. The number of piperazine rings is 1. The van der Waals surface area contributed by atoms with E-state index in [1.165, 1.54) is 4.90 Å². The van der Waals surface area contributed by atoms with Gasteiger partial charge in [0.2, 0.25) is 5.91 Å². The Bertz CT molecular complexity index is 624. The summed E-state index contributed by atoms with van der Waals surface area (Å²) < 4.78 is 0. The molecule has 8 heteroatoms. The van der Waals surface area contributed by atoms with Crippen molar-refractivity contribution < 1.29 is 14.7 Å². The topological polar surface area (TPSA) is 103 Å². The Morgan fingerprint density at radius 2 is 1.91 bits per heavy atom. The number of carbonyl (C=O) groups is 2. The van der Waals surface area contributed by atoms with E-state index in [4.69, 9.17) is 10.8 Å². The summed E-state index contributed by atoms with van der Waals surface area (Å²) in [5, 5.41) is 9.02. The van der Waals surface area contributed by atoms with Gasteiger partial charge in [-0.05, 0) is 25.0 Å². The van der Waals surface area contributed by atoms with Crippen LogP contribution < -0.4 is 15.5 Å². The lowest BCUT2D eigenvalue weighted by atomic mass is 10.2. The Morgan fingerprint density at radius 3 is 2.43 bits per heavy atom. The summed E-state index contributed by atoms with van der Waals surface area (Å²) in [5.74, 6) is 1.22. The van der Waals surface area contributed by atoms with Crippen molar-refractivity contribution in [3.05, 3.63) is 12.1 Å². The highest BCUT2D eigenvalue weighted by molar-refractivity contribution is 5.92. The Kier molecular flexibility index (Phi) is 3.97. The average molecular weight is 319 g/mol. The van der Waals surface area contributed by atoms with E-state index in [9.17, 15) is 9.59 Å². The molecule has 1 aliphatic carbocycles. The Morgan fingerprint density at radius 1 is 1.26 bits per heavy atom. The quantitative estimate of drug-likeness (QED) is 0.861. The molecule has 3 N–H and O–H groups in total. The number of hydrogen-bond acceptors (Lipinski definition) is 5. The number of anilines is 3. The minimum absolute atomic E-state index is 0.0218. The van der Waals surface area contributed by atoms with Crippen molar-refractivity contribution in [2.75, 3.05) is 41.7 Å². The highest BCUT2D eigenvalue weighted by Gasteiger charge is 2.33. The van der Waals surface area contributed by atoms with Gasteiger partial charge in [0.15, 0.2) is 5.82 Å². The minimum Gasteiger partial charge on any atom is -0.465 e. The van der Waals surface area contributed by atoms with E-state index >= 15 is 0 Å². The Labute approximate surface area is 134 Å². The maximum absolute atomic E-state index is 11.9. The fourth-order valence-electron chi connectivity index (χ4n) is 2.88. The number of amides is 2. The minimum atomic E-state index is -0.907. The van der Waals surface area contributed by atoms with Crippen LogP contribution in [0.2, 0.25) is 0 Å². The van der Waals surface area contributed by atoms with Crippen molar-refractivity contribution in [3.63, 3.8) is 0 Å². The zero-order valence-corrected chi connectivity index (χ0v) is 13.1. The van der Waals surface area contributed by atoms with Crippen LogP contribution in [0, 0.1) is 0 Å². The summed E-state index contributed by atoms with van der Waals surface area (Å²) in [5.41, 5.74) is 6.58. The van der Waals surface area contributed by atoms with Gasteiger partial charge in [0.05, 0.1) is 5.69 Å². The van der Waals surface area contributed by atoms with Crippen molar-refractivity contribution >= 4 is 29.3 Å². The van der Waals surface area contributed by atoms with Gasteiger partial charge in [-0.3, -0.25) is 9.69 Å². The third-order valence-electron chi connectivity index (χ3n) is 4.24. The van der Waals surface area contributed by atoms with E-state index in [0.29, 0.717) is 43.5 Å². The third kappa shape index (κ3) is 3.15. The standard InChI is InChI=1S/C15H21N5O3/c1-10(21)20(11-2-3-11)13-5-4-12(16)14(17-13)18-6-8-19(9-7-18)15(22)23/h4-5,11H,2-3,6-9,16H2,1H3,(H,22,23). The van der Waals surface area contributed by atoms with Crippen LogP contribution in [-0.4, -0.2) is 59.2 Å². The first-order chi connectivity index (χ1) is 11.0. The van der Waals surface area contributed by atoms with Crippen LogP contribution in [0.4, 0.5) is 22.1 Å². The summed E-state index contributed by atoms with van der Waals surface area (Å²) in [6.07, 6.45) is 1.09. The zero-order valence-electron chi connectivity index (χ0n) is 13.1. The summed E-state index contributed by atoms with van der Waals surface area (Å²) >= 11 is 0. The molecule has 0 radical (unpaired) electrons. The smallest absolute Gasteiger partial charge is 0.407 e. The van der Waals surface area contributed by atoms with Gasteiger partial charge in [-0.15, -0.1) is 0 Å². The van der Waals surface area contributed by atoms with Crippen LogP contribution in [-0.2, 0) is 4.79 Å².